The molecule has 1 saturated carbocycles. The Bertz CT molecular complexity index is 945. The first-order valence-corrected chi connectivity index (χ1v) is 11.2. The highest BCUT2D eigenvalue weighted by molar-refractivity contribution is 9.25. The van der Waals surface area contributed by atoms with Crippen molar-refractivity contribution in [3.63, 3.8) is 0 Å². The van der Waals surface area contributed by atoms with Gasteiger partial charge in [-0.1, -0.05) is 86.5 Å². The number of halogens is 2. The molecule has 0 N–H and O–H groups in total. The third-order valence-electron chi connectivity index (χ3n) is 5.65. The van der Waals surface area contributed by atoms with Crippen molar-refractivity contribution in [3.8, 4) is 0 Å². The van der Waals surface area contributed by atoms with Gasteiger partial charge in [0.15, 0.2) is 0 Å². The Morgan fingerprint density at radius 3 is 2.28 bits per heavy atom. The van der Waals surface area contributed by atoms with E-state index in [4.69, 9.17) is 4.74 Å². The molecule has 3 atom stereocenters. The van der Waals surface area contributed by atoms with Crippen molar-refractivity contribution in [1.82, 2.24) is 4.90 Å². The summed E-state index contributed by atoms with van der Waals surface area (Å²) in [5.74, 6) is -0.510. The quantitative estimate of drug-likeness (QED) is 0.416. The standard InChI is InChI=1S/C23H21Br2NO3/c1-2-29-21(28)22(15-16-9-5-3-6-10-16)13-14-26(19-18(22)23(19,24)25)20(27)17-11-7-4-8-12-17/h3-14,18-19H,2,15H2,1H3/t18-,19-,22+/m0/s1. The fourth-order valence-corrected chi connectivity index (χ4v) is 6.27. The summed E-state index contributed by atoms with van der Waals surface area (Å²) in [5, 5.41) is 0. The molecule has 1 aliphatic heterocycles. The van der Waals surface area contributed by atoms with Crippen LogP contribution < -0.4 is 0 Å². The van der Waals surface area contributed by atoms with Gasteiger partial charge in [-0.05, 0) is 31.0 Å². The summed E-state index contributed by atoms with van der Waals surface area (Å²) >= 11 is 7.49. The molecule has 0 spiro atoms. The largest absolute Gasteiger partial charge is 0.465 e. The van der Waals surface area contributed by atoms with E-state index in [0.717, 1.165) is 5.56 Å². The predicted molar refractivity (Wildman–Crippen MR) is 119 cm³/mol. The highest BCUT2D eigenvalue weighted by Gasteiger charge is 2.75. The van der Waals surface area contributed by atoms with E-state index in [9.17, 15) is 9.59 Å². The molecule has 4 rings (SSSR count). The summed E-state index contributed by atoms with van der Waals surface area (Å²) in [5.41, 5.74) is 0.808. The van der Waals surface area contributed by atoms with Gasteiger partial charge < -0.3 is 9.64 Å². The molecule has 2 aromatic rings. The van der Waals surface area contributed by atoms with E-state index in [2.05, 4.69) is 31.9 Å². The Hall–Kier alpha value is -1.92. The van der Waals surface area contributed by atoms with Crippen LogP contribution in [-0.2, 0) is 16.0 Å². The second-order valence-electron chi connectivity index (χ2n) is 7.41. The molecule has 4 nitrogen and oxygen atoms in total. The van der Waals surface area contributed by atoms with Crippen LogP contribution in [0.15, 0.2) is 72.9 Å². The third-order valence-corrected chi connectivity index (χ3v) is 7.58. The first kappa shape index (κ1) is 20.4. The number of carbonyl (C=O) groups is 2. The summed E-state index contributed by atoms with van der Waals surface area (Å²) in [6.07, 6.45) is 4.11. The average molecular weight is 519 g/mol. The number of ether oxygens (including phenoxy) is 1. The van der Waals surface area contributed by atoms with E-state index in [1.54, 1.807) is 23.2 Å². The van der Waals surface area contributed by atoms with Gasteiger partial charge in [-0.3, -0.25) is 9.59 Å². The molecule has 0 saturated heterocycles. The van der Waals surface area contributed by atoms with Crippen LogP contribution in [0.25, 0.3) is 0 Å². The Labute approximate surface area is 187 Å². The Morgan fingerprint density at radius 2 is 1.66 bits per heavy atom. The third kappa shape index (κ3) is 3.46. The average Bonchev–Trinajstić information content (AvgIpc) is 3.32. The van der Waals surface area contributed by atoms with Crippen molar-refractivity contribution in [2.45, 2.75) is 22.6 Å². The van der Waals surface area contributed by atoms with Crippen LogP contribution >= 0.6 is 31.9 Å². The van der Waals surface area contributed by atoms with Gasteiger partial charge in [0.1, 0.15) is 3.23 Å². The number of hydrogen-bond acceptors (Lipinski definition) is 3. The molecule has 1 heterocycles. The van der Waals surface area contributed by atoms with Crippen molar-refractivity contribution in [1.29, 1.82) is 0 Å². The smallest absolute Gasteiger partial charge is 0.316 e. The summed E-state index contributed by atoms with van der Waals surface area (Å²) in [4.78, 5) is 28.0. The maximum Gasteiger partial charge on any atom is 0.316 e. The molecular weight excluding hydrogens is 498 g/mol. The lowest BCUT2D eigenvalue weighted by atomic mass is 9.75. The zero-order valence-corrected chi connectivity index (χ0v) is 19.1. The first-order valence-electron chi connectivity index (χ1n) is 9.58. The number of esters is 1. The molecule has 0 radical (unpaired) electrons. The molecule has 1 fully saturated rings. The molecule has 6 heteroatoms. The van der Waals surface area contributed by atoms with Gasteiger partial charge in [-0.15, -0.1) is 0 Å². The van der Waals surface area contributed by atoms with E-state index in [-0.39, 0.29) is 23.8 Å². The second kappa shape index (κ2) is 7.73. The first-order chi connectivity index (χ1) is 13.9. The van der Waals surface area contributed by atoms with E-state index in [1.807, 2.05) is 61.5 Å². The minimum Gasteiger partial charge on any atom is -0.465 e. The van der Waals surface area contributed by atoms with Crippen LogP contribution in [0, 0.1) is 11.3 Å². The summed E-state index contributed by atoms with van der Waals surface area (Å²) in [6.45, 7) is 2.12. The van der Waals surface area contributed by atoms with E-state index in [0.29, 0.717) is 18.6 Å². The Balaban J connectivity index is 1.74. The van der Waals surface area contributed by atoms with Gasteiger partial charge in [-0.2, -0.15) is 0 Å². The van der Waals surface area contributed by atoms with Crippen molar-refractivity contribution >= 4 is 43.7 Å². The Kier molecular flexibility index (Phi) is 5.42. The lowest BCUT2D eigenvalue weighted by molar-refractivity contribution is -0.154. The number of alkyl halides is 2. The SMILES string of the molecule is CCOC(=O)[C@@]1(Cc2ccccc2)C=CN(C(=O)c2ccccc2)[C@H]2[C@@H]1C2(Br)Br. The van der Waals surface area contributed by atoms with Crippen LogP contribution in [-0.4, -0.2) is 32.7 Å². The number of rotatable bonds is 5. The highest BCUT2D eigenvalue weighted by atomic mass is 79.9. The van der Waals surface area contributed by atoms with Crippen LogP contribution in [0.1, 0.15) is 22.8 Å². The molecule has 1 amide bonds. The number of benzene rings is 2. The molecule has 29 heavy (non-hydrogen) atoms. The normalized spacial score (nSPS) is 26.5. The van der Waals surface area contributed by atoms with E-state index in [1.165, 1.54) is 0 Å². The van der Waals surface area contributed by atoms with E-state index >= 15 is 0 Å². The molecule has 0 aromatic heterocycles. The van der Waals surface area contributed by atoms with Crippen LogP contribution in [0.3, 0.4) is 0 Å². The summed E-state index contributed by atoms with van der Waals surface area (Å²) < 4.78 is 4.93. The van der Waals surface area contributed by atoms with Crippen LogP contribution in [0.4, 0.5) is 0 Å². The monoisotopic (exact) mass is 517 g/mol. The zero-order valence-electron chi connectivity index (χ0n) is 15.9. The molecular formula is C23H21Br2NO3. The van der Waals surface area contributed by atoms with E-state index < -0.39 is 8.65 Å². The zero-order chi connectivity index (χ0) is 20.6. The molecule has 0 bridgehead atoms. The van der Waals surface area contributed by atoms with Crippen molar-refractivity contribution in [2.75, 3.05) is 6.61 Å². The molecule has 1 aliphatic carbocycles. The van der Waals surface area contributed by atoms with Gasteiger partial charge in [-0.25, -0.2) is 0 Å². The minimum absolute atomic E-state index is 0.0882. The molecule has 150 valence electrons. The van der Waals surface area contributed by atoms with Gasteiger partial charge in [0.05, 0.1) is 18.1 Å². The van der Waals surface area contributed by atoms with Crippen molar-refractivity contribution in [3.05, 3.63) is 84.1 Å². The maximum absolute atomic E-state index is 13.2. The minimum atomic E-state index is -0.859. The van der Waals surface area contributed by atoms with Gasteiger partial charge >= 0.3 is 5.97 Å². The second-order valence-corrected chi connectivity index (χ2v) is 11.1. The summed E-state index contributed by atoms with van der Waals surface area (Å²) in [7, 11) is 0. The van der Waals surface area contributed by atoms with Gasteiger partial charge in [0, 0.05) is 17.7 Å². The number of amides is 1. The number of nitrogens with zero attached hydrogens (tertiary/aromatic N) is 1. The highest BCUT2D eigenvalue weighted by Crippen LogP contribution is 2.69. The number of hydrogen-bond donors (Lipinski definition) is 0. The van der Waals surface area contributed by atoms with Gasteiger partial charge in [0.2, 0.25) is 0 Å². The van der Waals surface area contributed by atoms with Crippen LogP contribution in [0.2, 0.25) is 0 Å². The fraction of sp³-hybridized carbons (Fsp3) is 0.304. The van der Waals surface area contributed by atoms with Gasteiger partial charge in [0.25, 0.3) is 5.91 Å². The topological polar surface area (TPSA) is 46.6 Å². The maximum atomic E-state index is 13.2. The molecule has 2 aliphatic rings. The lowest BCUT2D eigenvalue weighted by Crippen LogP contribution is -2.43. The lowest BCUT2D eigenvalue weighted by Gasteiger charge is -2.34. The van der Waals surface area contributed by atoms with Crippen molar-refractivity contribution in [2.24, 2.45) is 11.3 Å². The fourth-order valence-electron chi connectivity index (χ4n) is 4.25. The number of fused-ring (bicyclic) bond motifs is 1. The Morgan fingerprint density at radius 1 is 1.03 bits per heavy atom. The summed E-state index contributed by atoms with van der Waals surface area (Å²) in [6, 6.07) is 18.9. The van der Waals surface area contributed by atoms with Crippen LogP contribution in [0.5, 0.6) is 0 Å². The predicted octanol–water partition coefficient (Wildman–Crippen LogP) is 4.93. The number of carbonyl (C=O) groups excluding carboxylic acids is 2. The van der Waals surface area contributed by atoms with Crippen molar-refractivity contribution < 1.29 is 14.3 Å². The molecule has 0 unspecified atom stereocenters. The molecule has 2 aromatic carbocycles.